The highest BCUT2D eigenvalue weighted by Gasteiger charge is 2.36. The summed E-state index contributed by atoms with van der Waals surface area (Å²) in [4.78, 5) is 39.6. The third-order valence-corrected chi connectivity index (χ3v) is 5.31. The first-order valence-electron chi connectivity index (χ1n) is 10.2. The van der Waals surface area contributed by atoms with Gasteiger partial charge >= 0.3 is 5.69 Å². The van der Waals surface area contributed by atoms with Crippen LogP contribution in [0.15, 0.2) is 39.5 Å². The van der Waals surface area contributed by atoms with Gasteiger partial charge in [0, 0.05) is 19.4 Å². The summed E-state index contributed by atoms with van der Waals surface area (Å²) in [6.07, 6.45) is 1.68. The first kappa shape index (κ1) is 23.6. The number of benzene rings is 1. The predicted octanol–water partition coefficient (Wildman–Crippen LogP) is 1.54. The Bertz CT molecular complexity index is 1200. The number of methoxy groups -OCH3 is 3. The number of hydrazone groups is 1. The van der Waals surface area contributed by atoms with Crippen molar-refractivity contribution < 1.29 is 24.1 Å². The molecule has 1 amide bonds. The van der Waals surface area contributed by atoms with Gasteiger partial charge in [0.05, 0.1) is 33.1 Å². The lowest BCUT2D eigenvalue weighted by Crippen LogP contribution is -2.33. The highest BCUT2D eigenvalue weighted by atomic mass is 16.5. The number of hydrogen-bond donors (Lipinski definition) is 2. The van der Waals surface area contributed by atoms with E-state index in [1.54, 1.807) is 19.1 Å². The van der Waals surface area contributed by atoms with E-state index >= 15 is 0 Å². The van der Waals surface area contributed by atoms with E-state index in [1.165, 1.54) is 32.4 Å². The van der Waals surface area contributed by atoms with Crippen LogP contribution in [0.1, 0.15) is 36.9 Å². The van der Waals surface area contributed by atoms with Crippen LogP contribution in [0.3, 0.4) is 0 Å². The summed E-state index contributed by atoms with van der Waals surface area (Å²) in [5, 5.41) is 16.3. The minimum absolute atomic E-state index is 0.0182. The highest BCUT2D eigenvalue weighted by molar-refractivity contribution is 6.04. The fourth-order valence-electron chi connectivity index (χ4n) is 3.73. The average molecular weight is 458 g/mol. The summed E-state index contributed by atoms with van der Waals surface area (Å²) in [7, 11) is 4.44. The molecule has 2 N–H and O–H groups in total. The number of hydrogen-bond acceptors (Lipinski definition) is 8. The molecule has 3 rings (SSSR count). The number of amides is 1. The van der Waals surface area contributed by atoms with Crippen LogP contribution in [0.5, 0.6) is 23.1 Å². The number of aromatic hydroxyl groups is 1. The van der Waals surface area contributed by atoms with Crippen LogP contribution in [-0.2, 0) is 11.3 Å². The molecule has 0 aliphatic carbocycles. The maximum absolute atomic E-state index is 12.7. The molecule has 0 spiro atoms. The Kier molecular flexibility index (Phi) is 6.90. The number of rotatable bonds is 8. The Balaban J connectivity index is 2.16. The van der Waals surface area contributed by atoms with Crippen molar-refractivity contribution in [1.82, 2.24) is 14.6 Å². The molecule has 0 fully saturated rings. The summed E-state index contributed by atoms with van der Waals surface area (Å²) < 4.78 is 17.2. The summed E-state index contributed by atoms with van der Waals surface area (Å²) in [6.45, 7) is 5.23. The Labute approximate surface area is 189 Å². The van der Waals surface area contributed by atoms with Crippen molar-refractivity contribution in [3.8, 4) is 23.1 Å². The number of nitrogens with zero attached hydrogens (tertiary/aromatic N) is 3. The lowest BCUT2D eigenvalue weighted by Gasteiger charge is -2.23. The Hall–Kier alpha value is -4.02. The van der Waals surface area contributed by atoms with Crippen LogP contribution >= 0.6 is 0 Å². The maximum atomic E-state index is 12.7. The maximum Gasteiger partial charge on any atom is 0.331 e. The minimum atomic E-state index is -0.800. The molecular formula is C22H26N4O7. The second-order valence-electron chi connectivity index (χ2n) is 7.17. The SMILES string of the molecule is C=CCn1c(O)c(C2=NN(C(=O)CC)[C@H](c3cc(OC)c(OC)c(OC)c3)C2)c(=O)[nH]c1=O. The second-order valence-corrected chi connectivity index (χ2v) is 7.17. The smallest absolute Gasteiger partial charge is 0.331 e. The molecule has 0 radical (unpaired) electrons. The number of allylic oxidation sites excluding steroid dienone is 1. The standard InChI is InChI=1S/C22H26N4O7/c1-6-8-25-21(29)18(20(28)23-22(25)30)13-11-14(26(24-13)17(27)7-2)12-9-15(31-3)19(33-5)16(10-12)32-4/h6,9-10,14,29H,1,7-8,11H2,2-5H3,(H,23,28,30)/t14-/m0/s1. The van der Waals surface area contributed by atoms with Gasteiger partial charge in [0.1, 0.15) is 5.56 Å². The van der Waals surface area contributed by atoms with E-state index in [9.17, 15) is 19.5 Å². The molecule has 33 heavy (non-hydrogen) atoms. The van der Waals surface area contributed by atoms with E-state index in [4.69, 9.17) is 14.2 Å². The Morgan fingerprint density at radius 1 is 1.24 bits per heavy atom. The number of nitrogens with one attached hydrogen (secondary N) is 1. The molecular weight excluding hydrogens is 432 g/mol. The molecule has 1 aromatic carbocycles. The fraction of sp³-hybridized carbons (Fsp3) is 0.364. The van der Waals surface area contributed by atoms with Gasteiger partial charge in [0.2, 0.25) is 17.5 Å². The fourth-order valence-corrected chi connectivity index (χ4v) is 3.73. The molecule has 0 bridgehead atoms. The van der Waals surface area contributed by atoms with E-state index < -0.39 is 23.2 Å². The van der Waals surface area contributed by atoms with Crippen molar-refractivity contribution in [2.45, 2.75) is 32.4 Å². The van der Waals surface area contributed by atoms with Crippen molar-refractivity contribution in [1.29, 1.82) is 0 Å². The van der Waals surface area contributed by atoms with Crippen LogP contribution in [0.2, 0.25) is 0 Å². The van der Waals surface area contributed by atoms with Crippen LogP contribution < -0.4 is 25.5 Å². The predicted molar refractivity (Wildman–Crippen MR) is 120 cm³/mol. The highest BCUT2D eigenvalue weighted by Crippen LogP contribution is 2.43. The Morgan fingerprint density at radius 2 is 1.88 bits per heavy atom. The number of H-pyrrole nitrogens is 1. The molecule has 1 aliphatic heterocycles. The van der Waals surface area contributed by atoms with Gasteiger partial charge in [-0.1, -0.05) is 13.0 Å². The van der Waals surface area contributed by atoms with Gasteiger partial charge in [-0.25, -0.2) is 9.80 Å². The van der Waals surface area contributed by atoms with Crippen molar-refractivity contribution in [2.24, 2.45) is 5.10 Å². The largest absolute Gasteiger partial charge is 0.494 e. The van der Waals surface area contributed by atoms with E-state index in [-0.39, 0.29) is 36.6 Å². The van der Waals surface area contributed by atoms with Gasteiger partial charge in [0.25, 0.3) is 5.56 Å². The summed E-state index contributed by atoms with van der Waals surface area (Å²) in [5.41, 5.74) is -0.971. The first-order valence-corrected chi connectivity index (χ1v) is 10.2. The second kappa shape index (κ2) is 9.63. The molecule has 1 aromatic heterocycles. The van der Waals surface area contributed by atoms with Crippen molar-refractivity contribution in [3.63, 3.8) is 0 Å². The lowest BCUT2D eigenvalue weighted by molar-refractivity contribution is -0.132. The Morgan fingerprint density at radius 3 is 2.39 bits per heavy atom. The third-order valence-electron chi connectivity index (χ3n) is 5.31. The molecule has 1 aliphatic rings. The van der Waals surface area contributed by atoms with Gasteiger partial charge in [-0.15, -0.1) is 6.58 Å². The van der Waals surface area contributed by atoms with E-state index in [0.29, 0.717) is 22.8 Å². The van der Waals surface area contributed by atoms with Gasteiger partial charge in [-0.2, -0.15) is 5.10 Å². The molecule has 176 valence electrons. The van der Waals surface area contributed by atoms with Crippen LogP contribution in [0, 0.1) is 0 Å². The number of aromatic nitrogens is 2. The minimum Gasteiger partial charge on any atom is -0.494 e. The zero-order chi connectivity index (χ0) is 24.3. The van der Waals surface area contributed by atoms with Crippen LogP contribution in [-0.4, -0.2) is 52.6 Å². The number of ether oxygens (including phenoxy) is 3. The summed E-state index contributed by atoms with van der Waals surface area (Å²) in [5.74, 6) is 0.339. The van der Waals surface area contributed by atoms with Crippen molar-refractivity contribution in [3.05, 3.63) is 56.8 Å². The van der Waals surface area contributed by atoms with E-state index in [2.05, 4.69) is 16.7 Å². The topological polar surface area (TPSA) is 135 Å². The lowest BCUT2D eigenvalue weighted by atomic mass is 9.98. The third kappa shape index (κ3) is 4.21. The molecule has 11 nitrogen and oxygen atoms in total. The van der Waals surface area contributed by atoms with Crippen LogP contribution in [0.4, 0.5) is 0 Å². The summed E-state index contributed by atoms with van der Waals surface area (Å²) in [6, 6.07) is 2.78. The van der Waals surface area contributed by atoms with Gasteiger partial charge in [0.15, 0.2) is 11.5 Å². The molecule has 11 heteroatoms. The van der Waals surface area contributed by atoms with Gasteiger partial charge < -0.3 is 19.3 Å². The quantitative estimate of drug-likeness (QED) is 0.573. The molecule has 0 saturated heterocycles. The first-order chi connectivity index (χ1) is 15.8. The average Bonchev–Trinajstić information content (AvgIpc) is 3.24. The summed E-state index contributed by atoms with van der Waals surface area (Å²) >= 11 is 0. The van der Waals surface area contributed by atoms with Crippen LogP contribution in [0.25, 0.3) is 0 Å². The van der Waals surface area contributed by atoms with Gasteiger partial charge in [-0.3, -0.25) is 19.1 Å². The van der Waals surface area contributed by atoms with Crippen molar-refractivity contribution >= 4 is 11.6 Å². The van der Waals surface area contributed by atoms with E-state index in [0.717, 1.165) is 4.57 Å². The van der Waals surface area contributed by atoms with Gasteiger partial charge in [-0.05, 0) is 17.7 Å². The molecule has 0 saturated carbocycles. The molecule has 2 heterocycles. The van der Waals surface area contributed by atoms with Crippen molar-refractivity contribution in [2.75, 3.05) is 21.3 Å². The molecule has 2 aromatic rings. The molecule has 0 unspecified atom stereocenters. The number of carbonyl (C=O) groups excluding carboxylic acids is 1. The normalized spacial score (nSPS) is 15.2. The molecule has 1 atom stereocenters. The number of carbonyl (C=O) groups is 1. The number of aromatic amines is 1. The van der Waals surface area contributed by atoms with E-state index in [1.807, 2.05) is 0 Å². The monoisotopic (exact) mass is 458 g/mol. The zero-order valence-corrected chi connectivity index (χ0v) is 18.9. The zero-order valence-electron chi connectivity index (χ0n) is 18.9.